The topological polar surface area (TPSA) is 84.2 Å². The molecule has 1 atom stereocenters. The molecule has 1 aliphatic rings. The second-order valence-electron chi connectivity index (χ2n) is 5.01. The molecule has 0 unspecified atom stereocenters. The van der Waals surface area contributed by atoms with E-state index in [1.54, 1.807) is 12.1 Å². The number of benzene rings is 1. The predicted octanol–water partition coefficient (Wildman–Crippen LogP) is 1.45. The summed E-state index contributed by atoms with van der Waals surface area (Å²) in [6, 6.07) is 5.38. The average molecular weight is 279 g/mol. The summed E-state index contributed by atoms with van der Waals surface area (Å²) in [7, 11) is 0. The van der Waals surface area contributed by atoms with Crippen molar-refractivity contribution in [1.82, 2.24) is 10.6 Å². The van der Waals surface area contributed by atoms with Crippen molar-refractivity contribution in [2.24, 2.45) is 11.7 Å². The van der Waals surface area contributed by atoms with E-state index < -0.39 is 11.9 Å². The molecule has 0 saturated heterocycles. The summed E-state index contributed by atoms with van der Waals surface area (Å²) in [6.45, 7) is 0.00147. The predicted molar refractivity (Wildman–Crippen MR) is 72.2 cm³/mol. The van der Waals surface area contributed by atoms with Crippen LogP contribution in [0.15, 0.2) is 24.3 Å². The van der Waals surface area contributed by atoms with Crippen LogP contribution in [0.4, 0.5) is 9.18 Å². The summed E-state index contributed by atoms with van der Waals surface area (Å²) in [5.74, 6) is -0.321. The van der Waals surface area contributed by atoms with Crippen LogP contribution in [0.25, 0.3) is 0 Å². The van der Waals surface area contributed by atoms with E-state index in [0.717, 1.165) is 24.8 Å². The molecule has 1 aliphatic carbocycles. The van der Waals surface area contributed by atoms with Crippen LogP contribution in [-0.4, -0.2) is 18.5 Å². The number of urea groups is 1. The van der Waals surface area contributed by atoms with Crippen LogP contribution >= 0.6 is 0 Å². The first-order valence-electron chi connectivity index (χ1n) is 6.64. The third-order valence-corrected chi connectivity index (χ3v) is 3.60. The van der Waals surface area contributed by atoms with Gasteiger partial charge in [0.25, 0.3) is 0 Å². The van der Waals surface area contributed by atoms with Crippen LogP contribution in [-0.2, 0) is 4.79 Å². The van der Waals surface area contributed by atoms with E-state index in [1.165, 1.54) is 12.1 Å². The maximum absolute atomic E-state index is 13.0. The van der Waals surface area contributed by atoms with Crippen molar-refractivity contribution < 1.29 is 14.0 Å². The number of nitrogens with two attached hydrogens (primary N) is 1. The molecule has 0 radical (unpaired) electrons. The van der Waals surface area contributed by atoms with Crippen LogP contribution in [0.5, 0.6) is 0 Å². The minimum atomic E-state index is -0.862. The van der Waals surface area contributed by atoms with Gasteiger partial charge in [-0.05, 0) is 36.5 Å². The zero-order chi connectivity index (χ0) is 14.5. The molecule has 1 aromatic carbocycles. The Labute approximate surface area is 116 Å². The second kappa shape index (κ2) is 6.47. The molecular weight excluding hydrogens is 261 g/mol. The van der Waals surface area contributed by atoms with Gasteiger partial charge in [-0.1, -0.05) is 18.6 Å². The summed E-state index contributed by atoms with van der Waals surface area (Å²) in [6.07, 6.45) is 3.32. The van der Waals surface area contributed by atoms with Crippen molar-refractivity contribution in [1.29, 1.82) is 0 Å². The van der Waals surface area contributed by atoms with Gasteiger partial charge in [-0.25, -0.2) is 9.18 Å². The lowest BCUT2D eigenvalue weighted by atomic mass is 9.77. The third-order valence-electron chi connectivity index (χ3n) is 3.60. The molecule has 1 saturated carbocycles. The molecule has 5 nitrogen and oxygen atoms in total. The Bertz CT molecular complexity index is 486. The lowest BCUT2D eigenvalue weighted by Crippen LogP contribution is -2.43. The Balaban J connectivity index is 1.99. The molecule has 0 heterocycles. The molecule has 4 N–H and O–H groups in total. The van der Waals surface area contributed by atoms with E-state index in [0.29, 0.717) is 5.92 Å². The molecule has 3 amide bonds. The zero-order valence-corrected chi connectivity index (χ0v) is 11.1. The fourth-order valence-electron chi connectivity index (χ4n) is 2.38. The number of carbonyl (C=O) groups excluding carboxylic acids is 2. The summed E-state index contributed by atoms with van der Waals surface area (Å²) in [4.78, 5) is 22.0. The highest BCUT2D eigenvalue weighted by atomic mass is 19.1. The quantitative estimate of drug-likeness (QED) is 0.762. The van der Waals surface area contributed by atoms with E-state index in [2.05, 4.69) is 5.32 Å². The van der Waals surface area contributed by atoms with Crippen LogP contribution < -0.4 is 16.4 Å². The van der Waals surface area contributed by atoms with E-state index in [-0.39, 0.29) is 18.4 Å². The monoisotopic (exact) mass is 279 g/mol. The molecule has 0 bridgehead atoms. The Hall–Kier alpha value is -1.95. The first-order chi connectivity index (χ1) is 9.56. The van der Waals surface area contributed by atoms with Crippen molar-refractivity contribution in [3.05, 3.63) is 35.6 Å². The molecule has 6 heteroatoms. The minimum Gasteiger partial charge on any atom is -0.351 e. The molecule has 1 aromatic rings. The number of hydrogen-bond donors (Lipinski definition) is 3. The molecule has 1 fully saturated rings. The maximum Gasteiger partial charge on any atom is 0.318 e. The molecule has 0 aromatic heterocycles. The number of halogens is 1. The Morgan fingerprint density at radius 3 is 2.45 bits per heavy atom. The Morgan fingerprint density at radius 2 is 1.95 bits per heavy atom. The lowest BCUT2D eigenvalue weighted by Gasteiger charge is -2.34. The Morgan fingerprint density at radius 1 is 1.30 bits per heavy atom. The van der Waals surface area contributed by atoms with Gasteiger partial charge in [0.05, 0.1) is 6.54 Å². The zero-order valence-electron chi connectivity index (χ0n) is 11.1. The average Bonchev–Trinajstić information content (AvgIpc) is 2.32. The normalized spacial score (nSPS) is 16.2. The van der Waals surface area contributed by atoms with Crippen molar-refractivity contribution in [3.8, 4) is 0 Å². The summed E-state index contributed by atoms with van der Waals surface area (Å²) in [5.41, 5.74) is 5.83. The largest absolute Gasteiger partial charge is 0.351 e. The maximum atomic E-state index is 13.0. The van der Waals surface area contributed by atoms with Gasteiger partial charge < -0.3 is 11.1 Å². The van der Waals surface area contributed by atoms with Crippen LogP contribution in [0, 0.1) is 11.7 Å². The first kappa shape index (κ1) is 14.5. The smallest absolute Gasteiger partial charge is 0.318 e. The van der Waals surface area contributed by atoms with E-state index in [4.69, 9.17) is 5.73 Å². The molecule has 2 rings (SSSR count). The van der Waals surface area contributed by atoms with Crippen LogP contribution in [0.2, 0.25) is 0 Å². The number of nitrogens with one attached hydrogen (secondary N) is 2. The highest BCUT2D eigenvalue weighted by Crippen LogP contribution is 2.37. The highest BCUT2D eigenvalue weighted by Gasteiger charge is 2.28. The van der Waals surface area contributed by atoms with Gasteiger partial charge in [0.1, 0.15) is 5.82 Å². The Kier molecular flexibility index (Phi) is 4.68. The fourth-order valence-corrected chi connectivity index (χ4v) is 2.38. The third kappa shape index (κ3) is 3.77. The van der Waals surface area contributed by atoms with Crippen molar-refractivity contribution in [2.45, 2.75) is 25.3 Å². The molecule has 108 valence electrons. The lowest BCUT2D eigenvalue weighted by molar-refractivity contribution is -0.119. The standard InChI is InChI=1S/C14H18FN3O2/c15-11-6-4-10(5-7-11)13(9-2-1-3-9)17-8-12(19)18-14(16)20/h4-7,9,13,17H,1-3,8H2,(H3,16,18,19,20)/t13-/m1/s1. The number of imide groups is 1. The highest BCUT2D eigenvalue weighted by molar-refractivity contribution is 5.94. The number of amides is 3. The molecule has 0 aliphatic heterocycles. The van der Waals surface area contributed by atoms with Crippen LogP contribution in [0.3, 0.4) is 0 Å². The summed E-state index contributed by atoms with van der Waals surface area (Å²) < 4.78 is 13.0. The van der Waals surface area contributed by atoms with Gasteiger partial charge in [0.15, 0.2) is 0 Å². The summed E-state index contributed by atoms with van der Waals surface area (Å²) >= 11 is 0. The van der Waals surface area contributed by atoms with Gasteiger partial charge in [-0.2, -0.15) is 0 Å². The van der Waals surface area contributed by atoms with E-state index >= 15 is 0 Å². The van der Waals surface area contributed by atoms with Crippen LogP contribution in [0.1, 0.15) is 30.9 Å². The number of hydrogen-bond acceptors (Lipinski definition) is 3. The van der Waals surface area contributed by atoms with Gasteiger partial charge in [0.2, 0.25) is 5.91 Å². The molecule has 20 heavy (non-hydrogen) atoms. The molecule has 0 spiro atoms. The van der Waals surface area contributed by atoms with Crippen molar-refractivity contribution >= 4 is 11.9 Å². The van der Waals surface area contributed by atoms with Gasteiger partial charge in [-0.3, -0.25) is 10.1 Å². The van der Waals surface area contributed by atoms with Crippen molar-refractivity contribution in [2.75, 3.05) is 6.54 Å². The van der Waals surface area contributed by atoms with Gasteiger partial charge >= 0.3 is 6.03 Å². The molecular formula is C14H18FN3O2. The SMILES string of the molecule is NC(=O)NC(=O)CN[C@@H](c1ccc(F)cc1)C1CCC1. The summed E-state index contributed by atoms with van der Waals surface area (Å²) in [5, 5.41) is 5.13. The van der Waals surface area contributed by atoms with E-state index in [9.17, 15) is 14.0 Å². The number of rotatable bonds is 5. The van der Waals surface area contributed by atoms with Gasteiger partial charge in [0, 0.05) is 6.04 Å². The van der Waals surface area contributed by atoms with Crippen molar-refractivity contribution in [3.63, 3.8) is 0 Å². The van der Waals surface area contributed by atoms with E-state index in [1.807, 2.05) is 5.32 Å². The fraction of sp³-hybridized carbons (Fsp3) is 0.429. The number of carbonyl (C=O) groups is 2. The first-order valence-corrected chi connectivity index (χ1v) is 6.64. The number of primary amides is 1. The minimum absolute atomic E-state index is 0.00147. The second-order valence-corrected chi connectivity index (χ2v) is 5.01. The van der Waals surface area contributed by atoms with Gasteiger partial charge in [-0.15, -0.1) is 0 Å².